The van der Waals surface area contributed by atoms with E-state index in [-0.39, 0.29) is 11.8 Å². The van der Waals surface area contributed by atoms with E-state index in [0.29, 0.717) is 13.1 Å². The Labute approximate surface area is 117 Å². The molecular weight excluding hydrogens is 260 g/mol. The number of aliphatic imine (C=N–C) groups is 1. The minimum Gasteiger partial charge on any atom is -0.497 e. The lowest BCUT2D eigenvalue weighted by molar-refractivity contribution is -0.128. The monoisotopic (exact) mass is 278 g/mol. The average Bonchev–Trinajstić information content (AvgIpc) is 2.94. The summed E-state index contributed by atoms with van der Waals surface area (Å²) in [6, 6.07) is 7.64. The molecule has 0 N–H and O–H groups in total. The number of carbonyl (C=O) groups is 1. The van der Waals surface area contributed by atoms with Crippen molar-refractivity contribution in [1.29, 1.82) is 0 Å². The molecule has 1 aliphatic heterocycles. The molecule has 1 aromatic carbocycles. The normalized spacial score (nSPS) is 16.2. The van der Waals surface area contributed by atoms with E-state index in [1.807, 2.05) is 37.4 Å². The molecule has 1 aromatic rings. The second kappa shape index (κ2) is 6.10. The molecule has 102 valence electrons. The van der Waals surface area contributed by atoms with Crippen LogP contribution >= 0.6 is 11.8 Å². The van der Waals surface area contributed by atoms with Crippen LogP contribution in [-0.2, 0) is 4.79 Å². The maximum absolute atomic E-state index is 12.5. The van der Waals surface area contributed by atoms with E-state index in [1.54, 1.807) is 12.0 Å². The molecular formula is C14H18N2O2S. The van der Waals surface area contributed by atoms with Gasteiger partial charge in [0.05, 0.1) is 19.6 Å². The van der Waals surface area contributed by atoms with E-state index in [0.717, 1.165) is 16.5 Å². The maximum atomic E-state index is 12.5. The van der Waals surface area contributed by atoms with Gasteiger partial charge in [0, 0.05) is 6.54 Å². The summed E-state index contributed by atoms with van der Waals surface area (Å²) >= 11 is 1.52. The van der Waals surface area contributed by atoms with Crippen LogP contribution < -0.4 is 4.74 Å². The highest BCUT2D eigenvalue weighted by Gasteiger charge is 2.27. The van der Waals surface area contributed by atoms with Crippen LogP contribution in [0.25, 0.3) is 0 Å². The Bertz CT molecular complexity index is 485. The standard InChI is InChI=1S/C14H18N2O2S/c1-10(11-4-6-12(18-2)7-5-11)13(17)16-9-8-15-14(16)19-3/h4-7,10H,8-9H2,1-3H3/t10-/m1/s1. The van der Waals surface area contributed by atoms with Gasteiger partial charge in [-0.2, -0.15) is 0 Å². The zero-order valence-electron chi connectivity index (χ0n) is 11.4. The van der Waals surface area contributed by atoms with Crippen LogP contribution in [0.2, 0.25) is 0 Å². The number of nitrogens with zero attached hydrogens (tertiary/aromatic N) is 2. The molecule has 0 bridgehead atoms. The van der Waals surface area contributed by atoms with Crippen molar-refractivity contribution in [2.45, 2.75) is 12.8 Å². The molecule has 1 amide bonds. The fourth-order valence-corrected chi connectivity index (χ4v) is 2.70. The Morgan fingerprint density at radius 1 is 1.42 bits per heavy atom. The second-order valence-electron chi connectivity index (χ2n) is 4.35. The van der Waals surface area contributed by atoms with Gasteiger partial charge >= 0.3 is 0 Å². The fourth-order valence-electron chi connectivity index (χ4n) is 2.07. The molecule has 1 heterocycles. The zero-order valence-corrected chi connectivity index (χ0v) is 12.2. The van der Waals surface area contributed by atoms with Crippen molar-refractivity contribution in [2.24, 2.45) is 4.99 Å². The first-order chi connectivity index (χ1) is 9.17. The van der Waals surface area contributed by atoms with Crippen molar-refractivity contribution < 1.29 is 9.53 Å². The molecule has 1 atom stereocenters. The van der Waals surface area contributed by atoms with Gasteiger partial charge in [-0.3, -0.25) is 14.7 Å². The lowest BCUT2D eigenvalue weighted by Crippen LogP contribution is -2.35. The number of thioether (sulfide) groups is 1. The van der Waals surface area contributed by atoms with Crippen LogP contribution in [-0.4, -0.2) is 42.4 Å². The van der Waals surface area contributed by atoms with Crippen LogP contribution in [0, 0.1) is 0 Å². The number of benzene rings is 1. The van der Waals surface area contributed by atoms with Gasteiger partial charge in [-0.25, -0.2) is 0 Å². The molecule has 0 saturated carbocycles. The van der Waals surface area contributed by atoms with E-state index < -0.39 is 0 Å². The van der Waals surface area contributed by atoms with E-state index in [9.17, 15) is 4.79 Å². The van der Waals surface area contributed by atoms with Gasteiger partial charge in [0.1, 0.15) is 5.75 Å². The highest BCUT2D eigenvalue weighted by Crippen LogP contribution is 2.23. The minimum absolute atomic E-state index is 0.107. The number of hydrogen-bond acceptors (Lipinski definition) is 4. The molecule has 0 fully saturated rings. The van der Waals surface area contributed by atoms with Crippen LogP contribution in [0.3, 0.4) is 0 Å². The molecule has 0 aliphatic carbocycles. The smallest absolute Gasteiger partial charge is 0.235 e. The molecule has 0 spiro atoms. The van der Waals surface area contributed by atoms with Gasteiger partial charge in [0.2, 0.25) is 5.91 Å². The predicted molar refractivity (Wildman–Crippen MR) is 78.9 cm³/mol. The minimum atomic E-state index is -0.165. The van der Waals surface area contributed by atoms with E-state index in [2.05, 4.69) is 4.99 Å². The number of hydrogen-bond donors (Lipinski definition) is 0. The quantitative estimate of drug-likeness (QED) is 0.852. The molecule has 5 heteroatoms. The maximum Gasteiger partial charge on any atom is 0.235 e. The summed E-state index contributed by atoms with van der Waals surface area (Å²) in [6.45, 7) is 3.33. The second-order valence-corrected chi connectivity index (χ2v) is 5.13. The summed E-state index contributed by atoms with van der Waals surface area (Å²) < 4.78 is 5.13. The van der Waals surface area contributed by atoms with E-state index >= 15 is 0 Å². The summed E-state index contributed by atoms with van der Waals surface area (Å²) in [5.74, 6) is 0.744. The van der Waals surface area contributed by atoms with Crippen LogP contribution in [0.1, 0.15) is 18.4 Å². The van der Waals surface area contributed by atoms with Gasteiger partial charge in [0.15, 0.2) is 5.17 Å². The lowest BCUT2D eigenvalue weighted by atomic mass is 10.00. The first-order valence-corrected chi connectivity index (χ1v) is 7.43. The number of ether oxygens (including phenoxy) is 1. The summed E-state index contributed by atoms with van der Waals surface area (Å²) in [5, 5.41) is 0.824. The third-order valence-electron chi connectivity index (χ3n) is 3.24. The summed E-state index contributed by atoms with van der Waals surface area (Å²) in [5.41, 5.74) is 0.998. The molecule has 0 saturated heterocycles. The third kappa shape index (κ3) is 2.92. The van der Waals surface area contributed by atoms with Crippen molar-refractivity contribution in [3.63, 3.8) is 0 Å². The molecule has 0 aromatic heterocycles. The van der Waals surface area contributed by atoms with Gasteiger partial charge in [-0.15, -0.1) is 0 Å². The zero-order chi connectivity index (χ0) is 13.8. The SMILES string of the molecule is COc1ccc([C@@H](C)C(=O)N2CCN=C2SC)cc1. The van der Waals surface area contributed by atoms with Crippen LogP contribution in [0.15, 0.2) is 29.3 Å². The number of rotatable bonds is 3. The average molecular weight is 278 g/mol. The number of amidine groups is 1. The Morgan fingerprint density at radius 2 is 2.11 bits per heavy atom. The molecule has 2 rings (SSSR count). The third-order valence-corrected chi connectivity index (χ3v) is 3.95. The number of amides is 1. The highest BCUT2D eigenvalue weighted by molar-refractivity contribution is 8.13. The molecule has 0 unspecified atom stereocenters. The van der Waals surface area contributed by atoms with Crippen LogP contribution in [0.4, 0.5) is 0 Å². The largest absolute Gasteiger partial charge is 0.497 e. The number of carbonyl (C=O) groups excluding carboxylic acids is 1. The van der Waals surface area contributed by atoms with Gasteiger partial charge in [-0.05, 0) is 30.9 Å². The van der Waals surface area contributed by atoms with Crippen molar-refractivity contribution >= 4 is 22.8 Å². The summed E-state index contributed by atoms with van der Waals surface area (Å²) in [7, 11) is 1.63. The number of methoxy groups -OCH3 is 1. The Hall–Kier alpha value is -1.49. The summed E-state index contributed by atoms with van der Waals surface area (Å²) in [4.78, 5) is 18.6. The Kier molecular flexibility index (Phi) is 4.47. The topological polar surface area (TPSA) is 41.9 Å². The van der Waals surface area contributed by atoms with E-state index in [4.69, 9.17) is 4.74 Å². The van der Waals surface area contributed by atoms with Crippen LogP contribution in [0.5, 0.6) is 5.75 Å². The first-order valence-electron chi connectivity index (χ1n) is 6.21. The van der Waals surface area contributed by atoms with Gasteiger partial charge in [0.25, 0.3) is 0 Å². The Balaban J connectivity index is 2.12. The first kappa shape index (κ1) is 13.9. The molecule has 4 nitrogen and oxygen atoms in total. The molecule has 0 radical (unpaired) electrons. The Morgan fingerprint density at radius 3 is 2.68 bits per heavy atom. The summed E-state index contributed by atoms with van der Waals surface area (Å²) in [6.07, 6.45) is 1.95. The molecule has 19 heavy (non-hydrogen) atoms. The van der Waals surface area contributed by atoms with Crippen molar-refractivity contribution in [3.05, 3.63) is 29.8 Å². The molecule has 1 aliphatic rings. The van der Waals surface area contributed by atoms with Gasteiger partial charge in [-0.1, -0.05) is 23.9 Å². The van der Waals surface area contributed by atoms with E-state index in [1.165, 1.54) is 11.8 Å². The van der Waals surface area contributed by atoms with Crippen molar-refractivity contribution in [2.75, 3.05) is 26.5 Å². The fraction of sp³-hybridized carbons (Fsp3) is 0.429. The lowest BCUT2D eigenvalue weighted by Gasteiger charge is -2.21. The predicted octanol–water partition coefficient (Wildman–Crippen LogP) is 2.36. The highest BCUT2D eigenvalue weighted by atomic mass is 32.2. The van der Waals surface area contributed by atoms with Gasteiger partial charge < -0.3 is 4.74 Å². The van der Waals surface area contributed by atoms with Crippen molar-refractivity contribution in [1.82, 2.24) is 4.90 Å². The van der Waals surface area contributed by atoms with Crippen molar-refractivity contribution in [3.8, 4) is 5.75 Å².